The van der Waals surface area contributed by atoms with Gasteiger partial charge in [-0.25, -0.2) is 34.9 Å². The predicted molar refractivity (Wildman–Crippen MR) is 473 cm³/mol. The van der Waals surface area contributed by atoms with Gasteiger partial charge < -0.3 is 4.57 Å². The third kappa shape index (κ3) is 12.7. The Bertz CT molecular complexity index is 7670. The second-order valence-corrected chi connectivity index (χ2v) is 28.2. The van der Waals surface area contributed by atoms with Crippen LogP contribution >= 0.6 is 0 Å². The van der Waals surface area contributed by atoms with Gasteiger partial charge >= 0.3 is 0 Å². The second kappa shape index (κ2) is 29.7. The van der Waals surface area contributed by atoms with Crippen molar-refractivity contribution in [3.63, 3.8) is 0 Å². The number of rotatable bonds is 14. The van der Waals surface area contributed by atoms with Crippen LogP contribution in [0.4, 0.5) is 0 Å². The summed E-state index contributed by atoms with van der Waals surface area (Å²) < 4.78 is 123. The lowest BCUT2D eigenvalue weighted by Crippen LogP contribution is -2.28. The largest absolute Gasteiger partial charge is 0.309 e. The molecule has 11 nitrogen and oxygen atoms in total. The molecular weight excluding hydrogens is 1430 g/mol. The van der Waals surface area contributed by atoms with Gasteiger partial charge in [-0.2, -0.15) is 9.97 Å². The fraction of sp³-hybridized carbons (Fsp3) is 0.00943. The maximum Gasteiger partial charge on any atom is 0.238 e. The quantitative estimate of drug-likeness (QED) is 0.105. The summed E-state index contributed by atoms with van der Waals surface area (Å²) in [7, 11) is 0. The Kier molecular flexibility index (Phi) is 14.3. The van der Waals surface area contributed by atoms with Crippen LogP contribution in [0.3, 0.4) is 0 Å². The maximum atomic E-state index is 9.96. The lowest BCUT2D eigenvalue weighted by Gasteiger charge is -2.34. The third-order valence-electron chi connectivity index (χ3n) is 21.3. The van der Waals surface area contributed by atoms with E-state index in [0.29, 0.717) is 74.3 Å². The Morgan fingerprint density at radius 1 is 0.214 bits per heavy atom. The molecule has 0 radical (unpaired) electrons. The molecule has 16 aromatic carbocycles. The maximum absolute atomic E-state index is 9.96. The number of fused-ring (bicyclic) bond motifs is 9. The van der Waals surface area contributed by atoms with E-state index in [4.69, 9.17) is 51.7 Å². The molecule has 0 atom stereocenters. The van der Waals surface area contributed by atoms with Gasteiger partial charge in [0.05, 0.1) is 45.3 Å². The van der Waals surface area contributed by atoms with Crippen molar-refractivity contribution in [2.45, 2.75) is 5.41 Å². The van der Waals surface area contributed by atoms with Crippen LogP contribution in [0.2, 0.25) is 0 Å². The molecule has 21 aromatic rings. The Balaban J connectivity index is 0.000000177. The highest BCUT2D eigenvalue weighted by Crippen LogP contribution is 2.57. The van der Waals surface area contributed by atoms with Crippen molar-refractivity contribution in [1.82, 2.24) is 54.0 Å². The van der Waals surface area contributed by atoms with Crippen molar-refractivity contribution in [1.29, 1.82) is 0 Å². The van der Waals surface area contributed by atoms with Crippen molar-refractivity contribution in [2.24, 2.45) is 0 Å². The Labute approximate surface area is 694 Å². The van der Waals surface area contributed by atoms with Gasteiger partial charge in [-0.3, -0.25) is 4.57 Å². The third-order valence-corrected chi connectivity index (χ3v) is 21.3. The molecule has 1 aliphatic carbocycles. The van der Waals surface area contributed by atoms with E-state index in [2.05, 4.69) is 41.0 Å². The Hall–Kier alpha value is -15.9. The van der Waals surface area contributed by atoms with E-state index in [1.54, 1.807) is 4.57 Å². The van der Waals surface area contributed by atoms with Gasteiger partial charge in [-0.15, -0.1) is 0 Å². The van der Waals surface area contributed by atoms with E-state index < -0.39 is 23.5 Å². The van der Waals surface area contributed by atoms with Gasteiger partial charge in [0.2, 0.25) is 5.95 Å². The minimum atomic E-state index is -1.11. The zero-order valence-corrected chi connectivity index (χ0v) is 62.3. The first-order valence-electron chi connectivity index (χ1n) is 44.7. The molecule has 22 rings (SSSR count). The van der Waals surface area contributed by atoms with E-state index in [1.807, 2.05) is 303 Å². The van der Waals surface area contributed by atoms with Crippen LogP contribution in [0, 0.1) is 0 Å². The number of nitrogens with zero attached hydrogens (tertiary/aromatic N) is 11. The summed E-state index contributed by atoms with van der Waals surface area (Å²) in [5, 5.41) is 3.61. The van der Waals surface area contributed by atoms with Crippen LogP contribution in [-0.2, 0) is 5.41 Å². The molecule has 0 amide bonds. The summed E-state index contributed by atoms with van der Waals surface area (Å²) in [4.78, 5) is 44.0. The molecule has 0 unspecified atom stereocenters. The highest BCUT2D eigenvalue weighted by atomic mass is 15.2. The summed E-state index contributed by atoms with van der Waals surface area (Å²) in [6.45, 7) is 0. The number of aromatic nitrogens is 11. The van der Waals surface area contributed by atoms with Crippen LogP contribution in [0.15, 0.2) is 418 Å². The molecule has 0 saturated heterocycles. The molecule has 1 aliphatic rings. The van der Waals surface area contributed by atoms with Crippen LogP contribution in [0.1, 0.15) is 40.1 Å². The van der Waals surface area contributed by atoms with Crippen LogP contribution < -0.4 is 0 Å². The van der Waals surface area contributed by atoms with Gasteiger partial charge in [0.15, 0.2) is 46.6 Å². The standard InChI is InChI=1S/C67H44N6.C39H25N5/c1-5-21-45(22-6-1)61-68-62(46-23-7-2-8-24-46)71-65(70-61)53-33-17-29-49(41-53)51-31-19-35-55(43-51)67(59-39-15-13-37-57(59)58-38-14-16-40-60(58)67)56-36-20-32-52(44-56)50-30-18-34-54(42-50)66-72-63(47-25-9-3-10-26-47)69-64(73-66)48-27-11-4-12-28-48;1-4-14-26(15-5-1)37-40-38(27-16-6-2-7-17-27)42-39(41-37)44-34-23-13-11-21-30(34)32-24-35-31(25-36(32)44)29-20-10-12-22-33(29)43(35)28-18-8-3-9-19-28/h1-44H;1-25H/i17D,18D,29D,30D,33D,34D,41D,42D;3D,8D,9D,18D,19D. The van der Waals surface area contributed by atoms with Gasteiger partial charge in [0.25, 0.3) is 0 Å². The minimum Gasteiger partial charge on any atom is -0.309 e. The van der Waals surface area contributed by atoms with E-state index in [0.717, 1.165) is 88.1 Å². The molecule has 5 heterocycles. The molecular formula is C106H69N11. The highest BCUT2D eigenvalue weighted by molar-refractivity contribution is 6.19. The average molecular weight is 1510 g/mol. The molecule has 117 heavy (non-hydrogen) atoms. The fourth-order valence-electron chi connectivity index (χ4n) is 16.0. The zero-order chi connectivity index (χ0) is 88.9. The summed E-state index contributed by atoms with van der Waals surface area (Å²) in [6.07, 6.45) is 0. The smallest absolute Gasteiger partial charge is 0.238 e. The molecule has 11 heteroatoms. The minimum absolute atomic E-state index is 0.0129. The van der Waals surface area contributed by atoms with Crippen molar-refractivity contribution in [2.75, 3.05) is 0 Å². The van der Waals surface area contributed by atoms with Crippen LogP contribution in [0.25, 0.3) is 180 Å². The fourth-order valence-corrected chi connectivity index (χ4v) is 16.0. The van der Waals surface area contributed by atoms with Gasteiger partial charge in [0.1, 0.15) is 0 Å². The van der Waals surface area contributed by atoms with Crippen molar-refractivity contribution >= 4 is 43.6 Å². The Morgan fingerprint density at radius 2 is 0.521 bits per heavy atom. The highest BCUT2D eigenvalue weighted by Gasteiger charge is 2.46. The number of hydrogen-bond donors (Lipinski definition) is 0. The molecule has 0 fully saturated rings. The van der Waals surface area contributed by atoms with Crippen molar-refractivity contribution in [3.05, 3.63) is 441 Å². The molecule has 0 spiro atoms. The summed E-state index contributed by atoms with van der Waals surface area (Å²) in [5.74, 6) is 2.92. The Morgan fingerprint density at radius 3 is 0.915 bits per heavy atom. The second-order valence-electron chi connectivity index (χ2n) is 28.2. The van der Waals surface area contributed by atoms with Crippen molar-refractivity contribution in [3.8, 4) is 136 Å². The monoisotopic (exact) mass is 1510 g/mol. The number of para-hydroxylation sites is 3. The average Bonchev–Trinajstić information content (AvgIpc) is 1.51. The SMILES string of the molecule is [2H]c1c([2H])c(-c2cccc(C3(c4cccc(-c5c([2H])c([2H])c([2H])c(-c6nc(-c7ccccc7)nc(-c7ccccc7)n6)c5[2H])c4)c4ccccc4-c4ccccc43)c2)c([2H])c(-c2nc(-c3ccccc3)nc(-c3ccccc3)n2)c1[2H].[2H]c1c([2H])c([2H])c(-n2c3ccccc3c3cc4c(cc32)c2ccccc2n4-c2nc(-c3ccccc3)nc(-c3ccccc3)n2)c([2H])c1[2H]. The molecule has 5 aromatic heterocycles. The summed E-state index contributed by atoms with van der Waals surface area (Å²) in [6, 6.07) is 105. The van der Waals surface area contributed by atoms with Crippen molar-refractivity contribution < 1.29 is 17.8 Å². The van der Waals surface area contributed by atoms with E-state index in [9.17, 15) is 11.0 Å². The predicted octanol–water partition coefficient (Wildman–Crippen LogP) is 25.2. The van der Waals surface area contributed by atoms with E-state index in [1.165, 1.54) is 0 Å². The topological polar surface area (TPSA) is 126 Å². The number of hydrogen-bond acceptors (Lipinski definition) is 9. The van der Waals surface area contributed by atoms with Crippen LogP contribution in [0.5, 0.6) is 0 Å². The zero-order valence-electron chi connectivity index (χ0n) is 75.3. The summed E-state index contributed by atoms with van der Waals surface area (Å²) in [5.41, 5.74) is 13.2. The molecule has 0 bridgehead atoms. The summed E-state index contributed by atoms with van der Waals surface area (Å²) >= 11 is 0. The van der Waals surface area contributed by atoms with Gasteiger partial charge in [0, 0.05) is 71.7 Å². The van der Waals surface area contributed by atoms with Gasteiger partial charge in [-0.1, -0.05) is 358 Å². The molecule has 0 N–H and O–H groups in total. The first-order valence-corrected chi connectivity index (χ1v) is 38.2. The molecule has 548 valence electrons. The normalized spacial score (nSPS) is 13.6. The first kappa shape index (κ1) is 56.4. The number of benzene rings is 16. The lowest BCUT2D eigenvalue weighted by molar-refractivity contribution is 0.769. The van der Waals surface area contributed by atoms with Crippen LogP contribution in [-0.4, -0.2) is 54.0 Å². The first-order chi connectivity index (χ1) is 63.4. The van der Waals surface area contributed by atoms with Gasteiger partial charge in [-0.05, 0) is 116 Å². The lowest BCUT2D eigenvalue weighted by atomic mass is 9.67. The molecule has 0 aliphatic heterocycles. The van der Waals surface area contributed by atoms with E-state index >= 15 is 0 Å². The van der Waals surface area contributed by atoms with E-state index in [-0.39, 0.29) is 100 Å². The molecule has 0 saturated carbocycles.